The maximum absolute atomic E-state index is 12.6. The van der Waals surface area contributed by atoms with Crippen LogP contribution in [-0.4, -0.2) is 36.1 Å². The second kappa shape index (κ2) is 7.39. The molecule has 158 valence electrons. The molecule has 5 nitrogen and oxygen atoms in total. The van der Waals surface area contributed by atoms with Gasteiger partial charge in [-0.15, -0.1) is 0 Å². The van der Waals surface area contributed by atoms with E-state index in [4.69, 9.17) is 10.5 Å². The number of ketones is 1. The fraction of sp³-hybridized carbons (Fsp3) is 0.913. The van der Waals surface area contributed by atoms with Gasteiger partial charge in [0.15, 0.2) is 0 Å². The van der Waals surface area contributed by atoms with Crippen molar-refractivity contribution in [3.63, 3.8) is 0 Å². The SMILES string of the molecule is C[C@]12CC[C@H](OC(=O)CCN)CC1[C@@H](CO)C[C@@H]1[C@@H]2CC[C@]2(C)C(=O)CC[C@@H]12. The normalized spacial score (nSPS) is 47.8. The number of esters is 1. The average Bonchev–Trinajstić information content (AvgIpc) is 2.97. The Morgan fingerprint density at radius 3 is 2.64 bits per heavy atom. The van der Waals surface area contributed by atoms with Gasteiger partial charge in [0.25, 0.3) is 0 Å². The summed E-state index contributed by atoms with van der Waals surface area (Å²) < 4.78 is 5.71. The number of ether oxygens (including phenoxy) is 1. The van der Waals surface area contributed by atoms with E-state index >= 15 is 0 Å². The molecule has 4 aliphatic rings. The molecule has 0 aromatic carbocycles. The lowest BCUT2D eigenvalue weighted by Gasteiger charge is -2.62. The zero-order chi connectivity index (χ0) is 20.1. The third kappa shape index (κ3) is 3.04. The summed E-state index contributed by atoms with van der Waals surface area (Å²) in [6.07, 6.45) is 8.03. The van der Waals surface area contributed by atoms with Gasteiger partial charge >= 0.3 is 5.97 Å². The van der Waals surface area contributed by atoms with Gasteiger partial charge in [-0.3, -0.25) is 9.59 Å². The largest absolute Gasteiger partial charge is 0.462 e. The maximum atomic E-state index is 12.6. The molecule has 0 heterocycles. The highest BCUT2D eigenvalue weighted by Crippen LogP contribution is 2.66. The van der Waals surface area contributed by atoms with Crippen LogP contribution in [-0.2, 0) is 14.3 Å². The average molecular weight is 392 g/mol. The van der Waals surface area contributed by atoms with E-state index in [2.05, 4.69) is 13.8 Å². The van der Waals surface area contributed by atoms with E-state index in [1.807, 2.05) is 0 Å². The van der Waals surface area contributed by atoms with Gasteiger partial charge in [-0.2, -0.15) is 0 Å². The molecule has 4 rings (SSSR count). The third-order valence-corrected chi connectivity index (χ3v) is 9.39. The molecule has 0 radical (unpaired) electrons. The Balaban J connectivity index is 1.55. The van der Waals surface area contributed by atoms with Crippen molar-refractivity contribution in [2.24, 2.45) is 46.2 Å². The lowest BCUT2D eigenvalue weighted by molar-refractivity contribution is -0.173. The first-order valence-electron chi connectivity index (χ1n) is 11.4. The van der Waals surface area contributed by atoms with Crippen LogP contribution in [0.2, 0.25) is 0 Å². The molecule has 0 aliphatic heterocycles. The lowest BCUT2D eigenvalue weighted by atomic mass is 9.43. The van der Waals surface area contributed by atoms with Gasteiger partial charge in [0.1, 0.15) is 11.9 Å². The van der Waals surface area contributed by atoms with E-state index in [-0.39, 0.29) is 41.8 Å². The Bertz CT molecular complexity index is 636. The molecular weight excluding hydrogens is 354 g/mol. The van der Waals surface area contributed by atoms with Gasteiger partial charge in [-0.05, 0) is 80.0 Å². The Morgan fingerprint density at radius 1 is 1.14 bits per heavy atom. The minimum absolute atomic E-state index is 0.0374. The van der Waals surface area contributed by atoms with Crippen LogP contribution in [0.1, 0.15) is 71.6 Å². The highest BCUT2D eigenvalue weighted by molar-refractivity contribution is 5.87. The number of rotatable bonds is 4. The van der Waals surface area contributed by atoms with Crippen LogP contribution in [0.15, 0.2) is 0 Å². The molecular formula is C23H37NO4. The molecule has 4 fully saturated rings. The topological polar surface area (TPSA) is 89.6 Å². The summed E-state index contributed by atoms with van der Waals surface area (Å²) in [5, 5.41) is 10.3. The second-order valence-electron chi connectivity index (χ2n) is 10.5. The minimum Gasteiger partial charge on any atom is -0.462 e. The number of hydrogen-bond acceptors (Lipinski definition) is 5. The van der Waals surface area contributed by atoms with Crippen LogP contribution in [0.25, 0.3) is 0 Å². The van der Waals surface area contributed by atoms with Crippen molar-refractivity contribution in [1.82, 2.24) is 0 Å². The summed E-state index contributed by atoms with van der Waals surface area (Å²) in [5.41, 5.74) is 5.54. The molecule has 0 spiro atoms. The Hall–Kier alpha value is -0.940. The van der Waals surface area contributed by atoms with Gasteiger partial charge < -0.3 is 15.6 Å². The highest BCUT2D eigenvalue weighted by Gasteiger charge is 2.62. The summed E-state index contributed by atoms with van der Waals surface area (Å²) >= 11 is 0. The zero-order valence-corrected chi connectivity index (χ0v) is 17.5. The van der Waals surface area contributed by atoms with E-state index in [0.29, 0.717) is 36.0 Å². The van der Waals surface area contributed by atoms with E-state index in [9.17, 15) is 14.7 Å². The van der Waals surface area contributed by atoms with Gasteiger partial charge in [-0.1, -0.05) is 13.8 Å². The van der Waals surface area contributed by atoms with E-state index < -0.39 is 0 Å². The Morgan fingerprint density at radius 2 is 1.93 bits per heavy atom. The van der Waals surface area contributed by atoms with Gasteiger partial charge in [0.05, 0.1) is 6.42 Å². The monoisotopic (exact) mass is 391 g/mol. The molecule has 0 aromatic heterocycles. The molecule has 0 aromatic rings. The molecule has 0 saturated heterocycles. The predicted molar refractivity (Wildman–Crippen MR) is 106 cm³/mol. The predicted octanol–water partition coefficient (Wildman–Crippen LogP) is 3.08. The number of fused-ring (bicyclic) bond motifs is 5. The molecule has 0 amide bonds. The summed E-state index contributed by atoms with van der Waals surface area (Å²) in [6.45, 7) is 5.16. The molecule has 0 bridgehead atoms. The highest BCUT2D eigenvalue weighted by atomic mass is 16.5. The molecule has 3 N–H and O–H groups in total. The second-order valence-corrected chi connectivity index (χ2v) is 10.5. The van der Waals surface area contributed by atoms with Gasteiger partial charge in [0.2, 0.25) is 0 Å². The van der Waals surface area contributed by atoms with Crippen molar-refractivity contribution in [3.8, 4) is 0 Å². The lowest BCUT2D eigenvalue weighted by Crippen LogP contribution is -2.57. The van der Waals surface area contributed by atoms with Crippen LogP contribution >= 0.6 is 0 Å². The van der Waals surface area contributed by atoms with Crippen molar-refractivity contribution < 1.29 is 19.4 Å². The molecule has 4 saturated carbocycles. The first kappa shape index (κ1) is 20.3. The summed E-state index contributed by atoms with van der Waals surface area (Å²) in [7, 11) is 0. The molecule has 1 unspecified atom stereocenters. The number of carbonyl (C=O) groups excluding carboxylic acids is 2. The van der Waals surface area contributed by atoms with Crippen LogP contribution < -0.4 is 5.73 Å². The number of aliphatic hydroxyl groups is 1. The van der Waals surface area contributed by atoms with Crippen LogP contribution in [0, 0.1) is 40.4 Å². The standard InChI is InChI=1S/C23H37NO4/c1-22-8-5-15(28-21(27)7-10-24)12-19(22)14(13-25)11-16-17-3-4-20(26)23(17,2)9-6-18(16)22/h14-19,25H,3-13,24H2,1-2H3/t14-,15+,16+,17+,18+,19?,22-,23+/m1/s1. The number of carbonyl (C=O) groups is 2. The zero-order valence-electron chi connectivity index (χ0n) is 17.5. The molecule has 5 heteroatoms. The first-order valence-corrected chi connectivity index (χ1v) is 11.4. The third-order valence-electron chi connectivity index (χ3n) is 9.39. The Labute approximate surface area is 168 Å². The number of hydrogen-bond donors (Lipinski definition) is 2. The summed E-state index contributed by atoms with van der Waals surface area (Å²) in [4.78, 5) is 24.5. The minimum atomic E-state index is -0.191. The molecule has 8 atom stereocenters. The first-order chi connectivity index (χ1) is 13.3. The van der Waals surface area contributed by atoms with Crippen molar-refractivity contribution in [2.45, 2.75) is 77.7 Å². The molecule has 4 aliphatic carbocycles. The van der Waals surface area contributed by atoms with E-state index in [0.717, 1.165) is 51.4 Å². The van der Waals surface area contributed by atoms with Gasteiger partial charge in [-0.25, -0.2) is 0 Å². The van der Waals surface area contributed by atoms with Crippen LogP contribution in [0.3, 0.4) is 0 Å². The van der Waals surface area contributed by atoms with Gasteiger partial charge in [0, 0.05) is 25.0 Å². The fourth-order valence-electron chi connectivity index (χ4n) is 7.91. The fourth-order valence-corrected chi connectivity index (χ4v) is 7.91. The van der Waals surface area contributed by atoms with Crippen molar-refractivity contribution in [2.75, 3.05) is 13.2 Å². The van der Waals surface area contributed by atoms with E-state index in [1.54, 1.807) is 0 Å². The Kier molecular flexibility index (Phi) is 5.37. The van der Waals surface area contributed by atoms with E-state index in [1.165, 1.54) is 0 Å². The number of Topliss-reactive ketones (excluding diaryl/α,β-unsaturated/α-hetero) is 1. The smallest absolute Gasteiger partial charge is 0.307 e. The number of nitrogens with two attached hydrogens (primary N) is 1. The van der Waals surface area contributed by atoms with Crippen LogP contribution in [0.4, 0.5) is 0 Å². The molecule has 28 heavy (non-hydrogen) atoms. The van der Waals surface area contributed by atoms with Crippen molar-refractivity contribution in [3.05, 3.63) is 0 Å². The van der Waals surface area contributed by atoms with Crippen molar-refractivity contribution >= 4 is 11.8 Å². The van der Waals surface area contributed by atoms with Crippen molar-refractivity contribution in [1.29, 1.82) is 0 Å². The summed E-state index contributed by atoms with van der Waals surface area (Å²) in [5.74, 6) is 2.60. The summed E-state index contributed by atoms with van der Waals surface area (Å²) in [6, 6.07) is 0. The van der Waals surface area contributed by atoms with Crippen LogP contribution in [0.5, 0.6) is 0 Å². The quantitative estimate of drug-likeness (QED) is 0.719. The maximum Gasteiger partial charge on any atom is 0.307 e. The number of aliphatic hydroxyl groups excluding tert-OH is 1.